The van der Waals surface area contributed by atoms with Gasteiger partial charge in [-0.1, -0.05) is 15.9 Å². The third-order valence-corrected chi connectivity index (χ3v) is 3.52. The van der Waals surface area contributed by atoms with Gasteiger partial charge in [0, 0.05) is 19.0 Å². The van der Waals surface area contributed by atoms with Gasteiger partial charge >= 0.3 is 6.09 Å². The lowest BCUT2D eigenvalue weighted by atomic mass is 10.2. The Morgan fingerprint density at radius 3 is 2.31 bits per heavy atom. The Morgan fingerprint density at radius 1 is 1.38 bits per heavy atom. The summed E-state index contributed by atoms with van der Waals surface area (Å²) in [6.07, 6.45) is -0.864. The second kappa shape index (κ2) is 2.97. The molecular weight excluding hydrogens is 238 g/mol. The number of alkyl halides is 1. The van der Waals surface area contributed by atoms with Crippen molar-refractivity contribution in [2.75, 3.05) is 18.4 Å². The number of nitrogens with zero attached hydrogens (tertiary/aromatic N) is 1. The van der Waals surface area contributed by atoms with Crippen LogP contribution in [0.2, 0.25) is 0 Å². The number of amides is 1. The first-order valence-electron chi connectivity index (χ1n) is 4.21. The van der Waals surface area contributed by atoms with Gasteiger partial charge in [0.1, 0.15) is 5.78 Å². The smallest absolute Gasteiger partial charge is 0.407 e. The molecule has 0 aromatic carbocycles. The number of rotatable bonds is 2. The SMILES string of the molecule is O=C(CBr)[C@@H]1C2CN(C(=O)O)C[C@@H]21. The van der Waals surface area contributed by atoms with Gasteiger partial charge in [0.15, 0.2) is 0 Å². The Labute approximate surface area is 84.0 Å². The average Bonchev–Trinajstić information content (AvgIpc) is 2.58. The van der Waals surface area contributed by atoms with Crippen molar-refractivity contribution in [2.45, 2.75) is 0 Å². The second-order valence-corrected chi connectivity index (χ2v) is 4.20. The second-order valence-electron chi connectivity index (χ2n) is 3.64. The van der Waals surface area contributed by atoms with E-state index in [4.69, 9.17) is 5.11 Å². The highest BCUT2D eigenvalue weighted by Gasteiger charge is 2.59. The Hall–Kier alpha value is -0.580. The molecule has 72 valence electrons. The van der Waals surface area contributed by atoms with Crippen molar-refractivity contribution >= 4 is 27.8 Å². The van der Waals surface area contributed by atoms with E-state index in [0.717, 1.165) is 0 Å². The van der Waals surface area contributed by atoms with Gasteiger partial charge in [-0.2, -0.15) is 0 Å². The van der Waals surface area contributed by atoms with Gasteiger partial charge in [0.05, 0.1) is 5.33 Å². The summed E-state index contributed by atoms with van der Waals surface area (Å²) in [7, 11) is 0. The molecule has 2 aliphatic rings. The van der Waals surface area contributed by atoms with Gasteiger partial charge in [0.25, 0.3) is 0 Å². The molecule has 2 fully saturated rings. The molecule has 1 heterocycles. The molecule has 1 aliphatic heterocycles. The average molecular weight is 248 g/mol. The first-order valence-corrected chi connectivity index (χ1v) is 5.34. The number of hydrogen-bond donors (Lipinski definition) is 1. The van der Waals surface area contributed by atoms with E-state index < -0.39 is 6.09 Å². The van der Waals surface area contributed by atoms with Crippen LogP contribution >= 0.6 is 15.9 Å². The highest BCUT2D eigenvalue weighted by atomic mass is 79.9. The normalized spacial score (nSPS) is 35.8. The van der Waals surface area contributed by atoms with Crippen LogP contribution in [-0.2, 0) is 4.79 Å². The lowest BCUT2D eigenvalue weighted by Crippen LogP contribution is -2.31. The van der Waals surface area contributed by atoms with Crippen LogP contribution < -0.4 is 0 Å². The van der Waals surface area contributed by atoms with Gasteiger partial charge < -0.3 is 10.0 Å². The van der Waals surface area contributed by atoms with Crippen LogP contribution in [-0.4, -0.2) is 40.3 Å². The van der Waals surface area contributed by atoms with Crippen molar-refractivity contribution in [1.82, 2.24) is 4.90 Å². The van der Waals surface area contributed by atoms with E-state index in [9.17, 15) is 9.59 Å². The zero-order valence-electron chi connectivity index (χ0n) is 6.94. The molecule has 0 radical (unpaired) electrons. The van der Waals surface area contributed by atoms with Crippen molar-refractivity contribution < 1.29 is 14.7 Å². The van der Waals surface area contributed by atoms with Crippen LogP contribution in [0.25, 0.3) is 0 Å². The van der Waals surface area contributed by atoms with E-state index in [1.165, 1.54) is 4.90 Å². The van der Waals surface area contributed by atoms with E-state index in [1.54, 1.807) is 0 Å². The molecule has 0 aromatic heterocycles. The Kier molecular flexibility index (Phi) is 2.06. The number of Topliss-reactive ketones (excluding diaryl/α,β-unsaturated/α-hetero) is 1. The Balaban J connectivity index is 1.90. The molecule has 1 saturated heterocycles. The van der Waals surface area contributed by atoms with E-state index >= 15 is 0 Å². The first-order chi connectivity index (χ1) is 6.15. The van der Waals surface area contributed by atoms with Crippen LogP contribution in [0.5, 0.6) is 0 Å². The van der Waals surface area contributed by atoms with Crippen LogP contribution in [0, 0.1) is 17.8 Å². The molecule has 3 atom stereocenters. The summed E-state index contributed by atoms with van der Waals surface area (Å²) >= 11 is 3.13. The minimum atomic E-state index is -0.864. The molecule has 1 aliphatic carbocycles. The number of carboxylic acid groups (broad SMARTS) is 1. The summed E-state index contributed by atoms with van der Waals surface area (Å²) < 4.78 is 0. The molecule has 1 N–H and O–H groups in total. The highest BCUT2D eigenvalue weighted by molar-refractivity contribution is 9.09. The standard InChI is InChI=1S/C8H10BrNO3/c9-1-6(11)7-4-2-10(8(12)13)3-5(4)7/h4-5,7H,1-3H2,(H,12,13)/t4-,5?,7-/m0/s1. The van der Waals surface area contributed by atoms with Crippen LogP contribution in [0.1, 0.15) is 0 Å². The summed E-state index contributed by atoms with van der Waals surface area (Å²) in [6.45, 7) is 1.09. The van der Waals surface area contributed by atoms with Crippen LogP contribution in [0.3, 0.4) is 0 Å². The quantitative estimate of drug-likeness (QED) is 0.735. The van der Waals surface area contributed by atoms with Crippen molar-refractivity contribution in [3.8, 4) is 0 Å². The maximum Gasteiger partial charge on any atom is 0.407 e. The fourth-order valence-corrected chi connectivity index (χ4v) is 2.62. The van der Waals surface area contributed by atoms with E-state index in [0.29, 0.717) is 30.3 Å². The summed E-state index contributed by atoms with van der Waals surface area (Å²) in [5.41, 5.74) is 0. The first kappa shape index (κ1) is 8.99. The summed E-state index contributed by atoms with van der Waals surface area (Å²) in [5, 5.41) is 9.07. The number of piperidine rings is 1. The molecule has 0 spiro atoms. The number of hydrogen-bond acceptors (Lipinski definition) is 2. The van der Waals surface area contributed by atoms with Crippen LogP contribution in [0.4, 0.5) is 4.79 Å². The molecule has 2 rings (SSSR count). The lowest BCUT2D eigenvalue weighted by Gasteiger charge is -2.14. The van der Waals surface area contributed by atoms with Crippen LogP contribution in [0.15, 0.2) is 0 Å². The van der Waals surface area contributed by atoms with E-state index in [1.807, 2.05) is 0 Å². The maximum absolute atomic E-state index is 11.3. The number of ketones is 1. The third kappa shape index (κ3) is 1.35. The molecule has 1 unspecified atom stereocenters. The molecule has 5 heteroatoms. The molecule has 13 heavy (non-hydrogen) atoms. The highest BCUT2D eigenvalue weighted by Crippen LogP contribution is 2.52. The topological polar surface area (TPSA) is 57.6 Å². The lowest BCUT2D eigenvalue weighted by molar-refractivity contribution is -0.118. The Morgan fingerprint density at radius 2 is 1.92 bits per heavy atom. The number of carbonyl (C=O) groups is 2. The van der Waals surface area contributed by atoms with Crippen molar-refractivity contribution in [2.24, 2.45) is 17.8 Å². The van der Waals surface area contributed by atoms with Gasteiger partial charge in [-0.3, -0.25) is 4.79 Å². The number of likely N-dealkylation sites (tertiary alicyclic amines) is 1. The number of fused-ring (bicyclic) bond motifs is 1. The predicted molar refractivity (Wildman–Crippen MR) is 48.9 cm³/mol. The molecule has 4 nitrogen and oxygen atoms in total. The number of carbonyl (C=O) groups excluding carboxylic acids is 1. The van der Waals surface area contributed by atoms with Gasteiger partial charge in [-0.05, 0) is 11.8 Å². The zero-order chi connectivity index (χ0) is 9.59. The fraction of sp³-hybridized carbons (Fsp3) is 0.750. The minimum absolute atomic E-state index is 0.134. The Bertz CT molecular complexity index is 256. The zero-order valence-corrected chi connectivity index (χ0v) is 8.53. The van der Waals surface area contributed by atoms with Crippen molar-refractivity contribution in [3.05, 3.63) is 0 Å². The monoisotopic (exact) mass is 247 g/mol. The molecular formula is C8H10BrNO3. The summed E-state index contributed by atoms with van der Waals surface area (Å²) in [4.78, 5) is 23.2. The third-order valence-electron chi connectivity index (χ3n) is 2.97. The van der Waals surface area contributed by atoms with E-state index in [-0.39, 0.29) is 11.7 Å². The molecule has 0 bridgehead atoms. The number of halogens is 1. The maximum atomic E-state index is 11.3. The molecule has 1 saturated carbocycles. The van der Waals surface area contributed by atoms with Gasteiger partial charge in [0.2, 0.25) is 0 Å². The van der Waals surface area contributed by atoms with E-state index in [2.05, 4.69) is 15.9 Å². The molecule has 1 amide bonds. The fourth-order valence-electron chi connectivity index (χ4n) is 2.25. The minimum Gasteiger partial charge on any atom is -0.465 e. The predicted octanol–water partition coefficient (Wildman–Crippen LogP) is 0.806. The molecule has 0 aromatic rings. The van der Waals surface area contributed by atoms with Crippen molar-refractivity contribution in [1.29, 1.82) is 0 Å². The summed E-state index contributed by atoms with van der Waals surface area (Å²) in [5.74, 6) is 0.970. The van der Waals surface area contributed by atoms with Gasteiger partial charge in [-0.25, -0.2) is 4.79 Å². The van der Waals surface area contributed by atoms with Gasteiger partial charge in [-0.15, -0.1) is 0 Å². The van der Waals surface area contributed by atoms with Crippen molar-refractivity contribution in [3.63, 3.8) is 0 Å². The largest absolute Gasteiger partial charge is 0.465 e. The summed E-state index contributed by atoms with van der Waals surface area (Å²) in [6, 6.07) is 0.